The Morgan fingerprint density at radius 2 is 1.80 bits per heavy atom. The van der Waals surface area contributed by atoms with Crippen LogP contribution in [0, 0.1) is 0 Å². The number of hydrogen-bond acceptors (Lipinski definition) is 2. The molecule has 0 saturated heterocycles. The van der Waals surface area contributed by atoms with Gasteiger partial charge in [0.25, 0.3) is 0 Å². The lowest BCUT2D eigenvalue weighted by atomic mass is 10.1. The Kier molecular flexibility index (Phi) is 5.63. The lowest BCUT2D eigenvalue weighted by molar-refractivity contribution is 0.306. The summed E-state index contributed by atoms with van der Waals surface area (Å²) in [6.07, 6.45) is 3.33. The molecule has 0 fully saturated rings. The van der Waals surface area contributed by atoms with E-state index in [0.717, 1.165) is 37.2 Å². The number of unbranched alkanes of at least 4 members (excludes halogenated alkanes) is 1. The fourth-order valence-electron chi connectivity index (χ4n) is 2.15. The van der Waals surface area contributed by atoms with Crippen molar-refractivity contribution in [2.45, 2.75) is 32.2 Å². The molecule has 106 valence electrons. The SMILES string of the molecule is C[C@@H](N)c1cccc(OCCCCc2ccccc2)c1. The molecule has 0 aliphatic rings. The molecule has 2 N–H and O–H groups in total. The number of aryl methyl sites for hydroxylation is 1. The topological polar surface area (TPSA) is 35.2 Å². The first kappa shape index (κ1) is 14.6. The predicted octanol–water partition coefficient (Wildman–Crippen LogP) is 4.11. The Labute approximate surface area is 121 Å². The molecule has 20 heavy (non-hydrogen) atoms. The van der Waals surface area contributed by atoms with Crippen LogP contribution < -0.4 is 10.5 Å². The average molecular weight is 269 g/mol. The van der Waals surface area contributed by atoms with Crippen LogP contribution in [0.2, 0.25) is 0 Å². The minimum Gasteiger partial charge on any atom is -0.494 e. The van der Waals surface area contributed by atoms with Crippen LogP contribution in [0.4, 0.5) is 0 Å². The zero-order valence-corrected chi connectivity index (χ0v) is 12.1. The standard InChI is InChI=1S/C18H23NO/c1-15(19)17-11-7-12-18(14-17)20-13-6-5-10-16-8-3-2-4-9-16/h2-4,7-9,11-12,14-15H,5-6,10,13,19H2,1H3/t15-/m1/s1. The van der Waals surface area contributed by atoms with E-state index < -0.39 is 0 Å². The van der Waals surface area contributed by atoms with Crippen molar-refractivity contribution in [2.75, 3.05) is 6.61 Å². The van der Waals surface area contributed by atoms with Gasteiger partial charge in [-0.15, -0.1) is 0 Å². The second-order valence-electron chi connectivity index (χ2n) is 5.15. The molecule has 0 aliphatic carbocycles. The van der Waals surface area contributed by atoms with Crippen molar-refractivity contribution in [3.63, 3.8) is 0 Å². The summed E-state index contributed by atoms with van der Waals surface area (Å²) in [6.45, 7) is 2.74. The van der Waals surface area contributed by atoms with Crippen LogP contribution in [0.3, 0.4) is 0 Å². The minimum absolute atomic E-state index is 0.0524. The molecule has 0 heterocycles. The molecule has 0 radical (unpaired) electrons. The number of hydrogen-bond donors (Lipinski definition) is 1. The summed E-state index contributed by atoms with van der Waals surface area (Å²) >= 11 is 0. The Balaban J connectivity index is 1.69. The summed E-state index contributed by atoms with van der Waals surface area (Å²) < 4.78 is 5.78. The molecule has 2 heteroatoms. The van der Waals surface area contributed by atoms with Gasteiger partial charge in [-0.05, 0) is 49.4 Å². The van der Waals surface area contributed by atoms with Gasteiger partial charge in [-0.25, -0.2) is 0 Å². The van der Waals surface area contributed by atoms with Gasteiger partial charge in [0.1, 0.15) is 5.75 Å². The van der Waals surface area contributed by atoms with Gasteiger partial charge in [0.15, 0.2) is 0 Å². The van der Waals surface area contributed by atoms with Crippen molar-refractivity contribution in [2.24, 2.45) is 5.73 Å². The molecule has 0 amide bonds. The van der Waals surface area contributed by atoms with Crippen LogP contribution >= 0.6 is 0 Å². The molecule has 0 bridgehead atoms. The third-order valence-electron chi connectivity index (χ3n) is 3.36. The fraction of sp³-hybridized carbons (Fsp3) is 0.333. The molecule has 2 rings (SSSR count). The number of benzene rings is 2. The molecule has 0 aromatic heterocycles. The number of rotatable bonds is 7. The van der Waals surface area contributed by atoms with Crippen molar-refractivity contribution in [3.05, 3.63) is 65.7 Å². The lowest BCUT2D eigenvalue weighted by Gasteiger charge is -2.10. The van der Waals surface area contributed by atoms with Gasteiger partial charge < -0.3 is 10.5 Å². The Morgan fingerprint density at radius 3 is 2.55 bits per heavy atom. The van der Waals surface area contributed by atoms with Crippen molar-refractivity contribution in [1.29, 1.82) is 0 Å². The Bertz CT molecular complexity index is 508. The summed E-state index contributed by atoms with van der Waals surface area (Å²) in [7, 11) is 0. The van der Waals surface area contributed by atoms with Gasteiger partial charge in [-0.1, -0.05) is 42.5 Å². The summed E-state index contributed by atoms with van der Waals surface area (Å²) in [4.78, 5) is 0. The maximum atomic E-state index is 5.87. The molecule has 2 aromatic rings. The smallest absolute Gasteiger partial charge is 0.119 e. The van der Waals surface area contributed by atoms with Crippen LogP contribution in [-0.4, -0.2) is 6.61 Å². The van der Waals surface area contributed by atoms with E-state index in [2.05, 4.69) is 30.3 Å². The van der Waals surface area contributed by atoms with Crippen molar-refractivity contribution >= 4 is 0 Å². The van der Waals surface area contributed by atoms with E-state index in [9.17, 15) is 0 Å². The summed E-state index contributed by atoms with van der Waals surface area (Å²) in [6, 6.07) is 18.7. The van der Waals surface area contributed by atoms with Gasteiger partial charge in [0, 0.05) is 6.04 Å². The molecule has 0 unspecified atom stereocenters. The zero-order valence-electron chi connectivity index (χ0n) is 12.1. The van der Waals surface area contributed by atoms with Crippen LogP contribution in [0.5, 0.6) is 5.75 Å². The van der Waals surface area contributed by atoms with Crippen molar-refractivity contribution in [1.82, 2.24) is 0 Å². The molecule has 0 spiro atoms. The maximum absolute atomic E-state index is 5.87. The summed E-state index contributed by atoms with van der Waals surface area (Å²) in [5.74, 6) is 0.916. The molecule has 2 aromatic carbocycles. The van der Waals surface area contributed by atoms with E-state index >= 15 is 0 Å². The minimum atomic E-state index is 0.0524. The quantitative estimate of drug-likeness (QED) is 0.768. The Hall–Kier alpha value is -1.80. The summed E-state index contributed by atoms with van der Waals surface area (Å²) in [5.41, 5.74) is 8.38. The van der Waals surface area contributed by atoms with Crippen LogP contribution in [0.25, 0.3) is 0 Å². The van der Waals surface area contributed by atoms with Gasteiger partial charge in [0.2, 0.25) is 0 Å². The molecule has 0 saturated carbocycles. The fourth-order valence-corrected chi connectivity index (χ4v) is 2.15. The first-order chi connectivity index (χ1) is 9.75. The second-order valence-corrected chi connectivity index (χ2v) is 5.15. The third kappa shape index (κ3) is 4.71. The van der Waals surface area contributed by atoms with Crippen LogP contribution in [0.1, 0.15) is 36.9 Å². The molecular weight excluding hydrogens is 246 g/mol. The third-order valence-corrected chi connectivity index (χ3v) is 3.36. The van der Waals surface area contributed by atoms with Crippen LogP contribution in [0.15, 0.2) is 54.6 Å². The maximum Gasteiger partial charge on any atom is 0.119 e. The normalized spacial score (nSPS) is 12.1. The molecule has 1 atom stereocenters. The van der Waals surface area contributed by atoms with Gasteiger partial charge >= 0.3 is 0 Å². The number of nitrogens with two attached hydrogens (primary N) is 1. The summed E-state index contributed by atoms with van der Waals surface area (Å²) in [5, 5.41) is 0. The van der Waals surface area contributed by atoms with Crippen molar-refractivity contribution in [3.8, 4) is 5.75 Å². The second kappa shape index (κ2) is 7.71. The highest BCUT2D eigenvalue weighted by Gasteiger charge is 2.01. The Morgan fingerprint density at radius 1 is 1.00 bits per heavy atom. The zero-order chi connectivity index (χ0) is 14.2. The first-order valence-electron chi connectivity index (χ1n) is 7.28. The van der Waals surface area contributed by atoms with E-state index in [1.165, 1.54) is 5.56 Å². The van der Waals surface area contributed by atoms with Crippen molar-refractivity contribution < 1.29 is 4.74 Å². The van der Waals surface area contributed by atoms with Gasteiger partial charge in [-0.3, -0.25) is 0 Å². The molecule has 0 aliphatic heterocycles. The largest absolute Gasteiger partial charge is 0.494 e. The van der Waals surface area contributed by atoms with Gasteiger partial charge in [-0.2, -0.15) is 0 Å². The highest BCUT2D eigenvalue weighted by Crippen LogP contribution is 2.18. The lowest BCUT2D eigenvalue weighted by Crippen LogP contribution is -2.05. The predicted molar refractivity (Wildman–Crippen MR) is 83.9 cm³/mol. The molecular formula is C18H23NO. The first-order valence-corrected chi connectivity index (χ1v) is 7.28. The van der Waals surface area contributed by atoms with Crippen LogP contribution in [-0.2, 0) is 6.42 Å². The highest BCUT2D eigenvalue weighted by atomic mass is 16.5. The monoisotopic (exact) mass is 269 g/mol. The number of ether oxygens (including phenoxy) is 1. The van der Waals surface area contributed by atoms with E-state index in [0.29, 0.717) is 0 Å². The van der Waals surface area contributed by atoms with E-state index in [4.69, 9.17) is 10.5 Å². The average Bonchev–Trinajstić information content (AvgIpc) is 2.48. The van der Waals surface area contributed by atoms with Gasteiger partial charge in [0.05, 0.1) is 6.61 Å². The molecule has 2 nitrogen and oxygen atoms in total. The van der Waals surface area contributed by atoms with E-state index in [1.807, 2.05) is 31.2 Å². The highest BCUT2D eigenvalue weighted by molar-refractivity contribution is 5.30. The van der Waals surface area contributed by atoms with E-state index in [1.54, 1.807) is 0 Å². The van der Waals surface area contributed by atoms with E-state index in [-0.39, 0.29) is 6.04 Å².